The van der Waals surface area contributed by atoms with Gasteiger partial charge in [0, 0.05) is 36.1 Å². The molecule has 1 saturated heterocycles. The SMILES string of the molecule is CC(NC1CCN(C(C)(C)C)CC1)c1cscn1. The van der Waals surface area contributed by atoms with Crippen LogP contribution < -0.4 is 5.32 Å². The lowest BCUT2D eigenvalue weighted by atomic mass is 9.97. The molecule has 102 valence electrons. The van der Waals surface area contributed by atoms with Gasteiger partial charge in [-0.05, 0) is 40.5 Å². The fraction of sp³-hybridized carbons (Fsp3) is 0.786. The van der Waals surface area contributed by atoms with E-state index in [0.29, 0.717) is 17.6 Å². The molecule has 1 aromatic rings. The Morgan fingerprint density at radius 2 is 2.06 bits per heavy atom. The van der Waals surface area contributed by atoms with E-state index < -0.39 is 0 Å². The second kappa shape index (κ2) is 5.68. The van der Waals surface area contributed by atoms with Crippen molar-refractivity contribution in [3.63, 3.8) is 0 Å². The number of hydrogen-bond donors (Lipinski definition) is 1. The Kier molecular flexibility index (Phi) is 4.41. The van der Waals surface area contributed by atoms with Crippen LogP contribution in [0.3, 0.4) is 0 Å². The standard InChI is InChI=1S/C14H25N3S/c1-11(13-9-18-10-15-13)16-12-5-7-17(8-6-12)14(2,3)4/h9-12,16H,5-8H2,1-4H3. The van der Waals surface area contributed by atoms with Crippen molar-refractivity contribution in [3.05, 3.63) is 16.6 Å². The zero-order valence-electron chi connectivity index (χ0n) is 11.9. The van der Waals surface area contributed by atoms with Gasteiger partial charge < -0.3 is 5.32 Å². The molecule has 2 rings (SSSR count). The minimum absolute atomic E-state index is 0.311. The van der Waals surface area contributed by atoms with Crippen molar-refractivity contribution >= 4 is 11.3 Å². The van der Waals surface area contributed by atoms with Crippen molar-refractivity contribution in [1.82, 2.24) is 15.2 Å². The van der Waals surface area contributed by atoms with Gasteiger partial charge in [0.1, 0.15) is 0 Å². The summed E-state index contributed by atoms with van der Waals surface area (Å²) in [6.07, 6.45) is 2.48. The molecule has 1 atom stereocenters. The average Bonchev–Trinajstić information content (AvgIpc) is 2.82. The lowest BCUT2D eigenvalue weighted by Crippen LogP contribution is -2.50. The van der Waals surface area contributed by atoms with Gasteiger partial charge in [-0.25, -0.2) is 4.98 Å². The summed E-state index contributed by atoms with van der Waals surface area (Å²) < 4.78 is 0. The highest BCUT2D eigenvalue weighted by atomic mass is 32.1. The number of piperidine rings is 1. The Labute approximate surface area is 115 Å². The first kappa shape index (κ1) is 14.0. The number of hydrogen-bond acceptors (Lipinski definition) is 4. The van der Waals surface area contributed by atoms with Crippen molar-refractivity contribution in [2.45, 2.75) is 58.2 Å². The number of aromatic nitrogens is 1. The number of rotatable bonds is 3. The van der Waals surface area contributed by atoms with Gasteiger partial charge in [0.25, 0.3) is 0 Å². The molecular formula is C14H25N3S. The molecule has 3 nitrogen and oxygen atoms in total. The summed E-state index contributed by atoms with van der Waals surface area (Å²) in [4.78, 5) is 6.96. The smallest absolute Gasteiger partial charge is 0.0795 e. The van der Waals surface area contributed by atoms with Crippen LogP contribution >= 0.6 is 11.3 Å². The van der Waals surface area contributed by atoms with Crippen molar-refractivity contribution in [3.8, 4) is 0 Å². The first-order valence-corrected chi connectivity index (χ1v) is 7.80. The van der Waals surface area contributed by atoms with Crippen LogP contribution in [0.5, 0.6) is 0 Å². The summed E-state index contributed by atoms with van der Waals surface area (Å²) in [7, 11) is 0. The first-order chi connectivity index (χ1) is 8.47. The van der Waals surface area contributed by atoms with Crippen molar-refractivity contribution < 1.29 is 0 Å². The molecule has 0 saturated carbocycles. The van der Waals surface area contributed by atoms with E-state index >= 15 is 0 Å². The summed E-state index contributed by atoms with van der Waals surface area (Å²) in [6.45, 7) is 11.5. The summed E-state index contributed by atoms with van der Waals surface area (Å²) in [5.74, 6) is 0. The molecule has 18 heavy (non-hydrogen) atoms. The maximum atomic E-state index is 4.38. The van der Waals surface area contributed by atoms with E-state index in [2.05, 4.69) is 48.3 Å². The third-order valence-corrected chi connectivity index (χ3v) is 4.43. The predicted octanol–water partition coefficient (Wildman–Crippen LogP) is 3.06. The third kappa shape index (κ3) is 3.53. The maximum absolute atomic E-state index is 4.38. The topological polar surface area (TPSA) is 28.2 Å². The Bertz CT molecular complexity index is 348. The Balaban J connectivity index is 1.80. The molecule has 1 aliphatic heterocycles. The Hall–Kier alpha value is -0.450. The van der Waals surface area contributed by atoms with E-state index in [9.17, 15) is 0 Å². The molecule has 1 N–H and O–H groups in total. The minimum atomic E-state index is 0.311. The number of likely N-dealkylation sites (tertiary alicyclic amines) is 1. The molecule has 2 heterocycles. The molecule has 0 aromatic carbocycles. The zero-order chi connectivity index (χ0) is 13.2. The van der Waals surface area contributed by atoms with Gasteiger partial charge in [-0.15, -0.1) is 11.3 Å². The van der Waals surface area contributed by atoms with Crippen LogP contribution in [-0.4, -0.2) is 34.6 Å². The molecule has 0 bridgehead atoms. The van der Waals surface area contributed by atoms with E-state index in [-0.39, 0.29) is 0 Å². The lowest BCUT2D eigenvalue weighted by Gasteiger charge is -2.41. The summed E-state index contributed by atoms with van der Waals surface area (Å²) in [5.41, 5.74) is 3.40. The Morgan fingerprint density at radius 3 is 2.56 bits per heavy atom. The van der Waals surface area contributed by atoms with Crippen LogP contribution in [0, 0.1) is 0 Å². The van der Waals surface area contributed by atoms with Crippen LogP contribution in [0.2, 0.25) is 0 Å². The molecular weight excluding hydrogens is 242 g/mol. The van der Waals surface area contributed by atoms with Gasteiger partial charge in [-0.2, -0.15) is 0 Å². The van der Waals surface area contributed by atoms with Crippen LogP contribution in [0.25, 0.3) is 0 Å². The number of nitrogens with zero attached hydrogens (tertiary/aromatic N) is 2. The largest absolute Gasteiger partial charge is 0.306 e. The van der Waals surface area contributed by atoms with Gasteiger partial charge in [0.15, 0.2) is 0 Å². The van der Waals surface area contributed by atoms with Crippen LogP contribution in [0.1, 0.15) is 52.3 Å². The predicted molar refractivity (Wildman–Crippen MR) is 78.0 cm³/mol. The van der Waals surface area contributed by atoms with Crippen LogP contribution in [-0.2, 0) is 0 Å². The fourth-order valence-electron chi connectivity index (χ4n) is 2.59. The van der Waals surface area contributed by atoms with Crippen LogP contribution in [0.15, 0.2) is 10.9 Å². The summed E-state index contributed by atoms with van der Waals surface area (Å²) >= 11 is 1.67. The van der Waals surface area contributed by atoms with E-state index in [1.807, 2.05) is 5.51 Å². The van der Waals surface area contributed by atoms with Gasteiger partial charge in [-0.1, -0.05) is 0 Å². The monoisotopic (exact) mass is 267 g/mol. The van der Waals surface area contributed by atoms with Crippen molar-refractivity contribution in [2.24, 2.45) is 0 Å². The molecule has 1 unspecified atom stereocenters. The first-order valence-electron chi connectivity index (χ1n) is 6.86. The summed E-state index contributed by atoms with van der Waals surface area (Å²) in [5, 5.41) is 5.85. The highest BCUT2D eigenvalue weighted by molar-refractivity contribution is 7.07. The van der Waals surface area contributed by atoms with Gasteiger partial charge >= 0.3 is 0 Å². The van der Waals surface area contributed by atoms with E-state index in [1.165, 1.54) is 31.6 Å². The third-order valence-electron chi connectivity index (χ3n) is 3.82. The van der Waals surface area contributed by atoms with E-state index in [4.69, 9.17) is 0 Å². The quantitative estimate of drug-likeness (QED) is 0.912. The van der Waals surface area contributed by atoms with Gasteiger partial charge in [0.2, 0.25) is 0 Å². The molecule has 1 aliphatic rings. The molecule has 0 radical (unpaired) electrons. The molecule has 0 spiro atoms. The molecule has 0 amide bonds. The van der Waals surface area contributed by atoms with E-state index in [1.54, 1.807) is 11.3 Å². The second-order valence-corrected chi connectivity index (χ2v) is 6.95. The van der Waals surface area contributed by atoms with E-state index in [0.717, 1.165) is 0 Å². The maximum Gasteiger partial charge on any atom is 0.0795 e. The highest BCUT2D eigenvalue weighted by Gasteiger charge is 2.27. The van der Waals surface area contributed by atoms with Crippen LogP contribution in [0.4, 0.5) is 0 Å². The number of nitrogens with one attached hydrogen (secondary N) is 1. The minimum Gasteiger partial charge on any atom is -0.306 e. The average molecular weight is 267 g/mol. The number of thiazole rings is 1. The normalized spacial score (nSPS) is 21.1. The second-order valence-electron chi connectivity index (χ2n) is 6.23. The zero-order valence-corrected chi connectivity index (χ0v) is 12.8. The Morgan fingerprint density at radius 1 is 1.39 bits per heavy atom. The molecule has 0 aliphatic carbocycles. The lowest BCUT2D eigenvalue weighted by molar-refractivity contribution is 0.0941. The molecule has 4 heteroatoms. The van der Waals surface area contributed by atoms with Gasteiger partial charge in [-0.3, -0.25) is 4.90 Å². The molecule has 1 aromatic heterocycles. The van der Waals surface area contributed by atoms with Gasteiger partial charge in [0.05, 0.1) is 11.2 Å². The van der Waals surface area contributed by atoms with Crippen molar-refractivity contribution in [1.29, 1.82) is 0 Å². The molecule has 1 fully saturated rings. The van der Waals surface area contributed by atoms with Crippen molar-refractivity contribution in [2.75, 3.05) is 13.1 Å². The highest BCUT2D eigenvalue weighted by Crippen LogP contribution is 2.22. The summed E-state index contributed by atoms with van der Waals surface area (Å²) in [6, 6.07) is 1.02. The fourth-order valence-corrected chi connectivity index (χ4v) is 3.24.